The third kappa shape index (κ3) is 4.68. The lowest BCUT2D eigenvalue weighted by Gasteiger charge is -2.34. The van der Waals surface area contributed by atoms with Gasteiger partial charge in [-0.3, -0.25) is 14.5 Å². The lowest BCUT2D eigenvalue weighted by molar-refractivity contribution is -0.132. The zero-order chi connectivity index (χ0) is 21.3. The number of benzene rings is 1. The number of halogens is 2. The zero-order valence-electron chi connectivity index (χ0n) is 16.1. The molecular weight excluding hydrogens is 417 g/mol. The standard InChI is InChI=1S/C20H19Cl2N3O4/c1-20(2)9-17(26)25(18(27)10-20)13-5-7-16(23-11-13)29-19(28)24(3)12-4-6-14(21)15(22)8-12/h4-8,11H,9-10H2,1-3H3. The van der Waals surface area contributed by atoms with Crippen molar-refractivity contribution in [1.82, 2.24) is 4.98 Å². The Kier molecular flexibility index (Phi) is 5.82. The Morgan fingerprint density at radius 1 is 1.10 bits per heavy atom. The molecule has 0 unspecified atom stereocenters. The Morgan fingerprint density at radius 3 is 2.31 bits per heavy atom. The summed E-state index contributed by atoms with van der Waals surface area (Å²) in [6.45, 7) is 3.76. The number of hydrogen-bond acceptors (Lipinski definition) is 5. The summed E-state index contributed by atoms with van der Waals surface area (Å²) in [5, 5.41) is 0.685. The van der Waals surface area contributed by atoms with E-state index in [1.165, 1.54) is 36.3 Å². The van der Waals surface area contributed by atoms with Crippen LogP contribution in [0.3, 0.4) is 0 Å². The van der Waals surface area contributed by atoms with Gasteiger partial charge in [0.1, 0.15) is 0 Å². The number of rotatable bonds is 3. The molecule has 0 N–H and O–H groups in total. The minimum absolute atomic E-state index is 0.0305. The predicted octanol–water partition coefficient (Wildman–Crippen LogP) is 4.70. The van der Waals surface area contributed by atoms with Crippen LogP contribution in [0.5, 0.6) is 5.88 Å². The van der Waals surface area contributed by atoms with Crippen LogP contribution in [0.1, 0.15) is 26.7 Å². The van der Waals surface area contributed by atoms with Crippen molar-refractivity contribution in [2.45, 2.75) is 26.7 Å². The Morgan fingerprint density at radius 2 is 1.76 bits per heavy atom. The van der Waals surface area contributed by atoms with E-state index in [4.69, 9.17) is 27.9 Å². The summed E-state index contributed by atoms with van der Waals surface area (Å²) in [7, 11) is 1.52. The van der Waals surface area contributed by atoms with Crippen molar-refractivity contribution in [3.05, 3.63) is 46.6 Å². The molecule has 1 aromatic carbocycles. The highest BCUT2D eigenvalue weighted by molar-refractivity contribution is 6.42. The van der Waals surface area contributed by atoms with E-state index in [1.807, 2.05) is 13.8 Å². The molecule has 1 aliphatic rings. The van der Waals surface area contributed by atoms with E-state index < -0.39 is 6.09 Å². The first-order valence-corrected chi connectivity index (χ1v) is 9.55. The van der Waals surface area contributed by atoms with Gasteiger partial charge in [-0.2, -0.15) is 0 Å². The summed E-state index contributed by atoms with van der Waals surface area (Å²) in [5.74, 6) is -0.530. The average molecular weight is 436 g/mol. The summed E-state index contributed by atoms with van der Waals surface area (Å²) in [4.78, 5) is 43.4. The van der Waals surface area contributed by atoms with E-state index in [9.17, 15) is 14.4 Å². The van der Waals surface area contributed by atoms with Gasteiger partial charge in [-0.05, 0) is 29.7 Å². The first kappa shape index (κ1) is 21.1. The minimum Gasteiger partial charge on any atom is -0.391 e. The minimum atomic E-state index is -0.685. The number of pyridine rings is 1. The summed E-state index contributed by atoms with van der Waals surface area (Å²) >= 11 is 11.9. The van der Waals surface area contributed by atoms with Gasteiger partial charge in [0.05, 0.1) is 21.9 Å². The van der Waals surface area contributed by atoms with Gasteiger partial charge in [-0.15, -0.1) is 0 Å². The summed E-state index contributed by atoms with van der Waals surface area (Å²) in [5.41, 5.74) is 0.476. The van der Waals surface area contributed by atoms with Crippen LogP contribution in [-0.4, -0.2) is 29.9 Å². The molecule has 2 aromatic rings. The van der Waals surface area contributed by atoms with Crippen LogP contribution >= 0.6 is 23.2 Å². The van der Waals surface area contributed by atoms with Crippen LogP contribution in [-0.2, 0) is 9.59 Å². The average Bonchev–Trinajstić information content (AvgIpc) is 2.63. The number of imide groups is 1. The van der Waals surface area contributed by atoms with Crippen LogP contribution in [0.15, 0.2) is 36.5 Å². The molecule has 1 aromatic heterocycles. The lowest BCUT2D eigenvalue weighted by Crippen LogP contribution is -2.46. The van der Waals surface area contributed by atoms with Gasteiger partial charge in [0.25, 0.3) is 0 Å². The van der Waals surface area contributed by atoms with Gasteiger partial charge < -0.3 is 4.74 Å². The quantitative estimate of drug-likeness (QED) is 0.652. The zero-order valence-corrected chi connectivity index (χ0v) is 17.6. The monoisotopic (exact) mass is 435 g/mol. The Bertz CT molecular complexity index is 956. The van der Waals surface area contributed by atoms with E-state index in [2.05, 4.69) is 4.98 Å². The van der Waals surface area contributed by atoms with Crippen molar-refractivity contribution in [3.8, 4) is 5.88 Å². The fourth-order valence-corrected chi connectivity index (χ4v) is 3.28. The topological polar surface area (TPSA) is 79.8 Å². The maximum Gasteiger partial charge on any atom is 0.420 e. The van der Waals surface area contributed by atoms with Crippen LogP contribution < -0.4 is 14.5 Å². The smallest absolute Gasteiger partial charge is 0.391 e. The molecule has 3 rings (SSSR count). The number of piperidine rings is 1. The molecule has 0 radical (unpaired) electrons. The number of carbonyl (C=O) groups excluding carboxylic acids is 3. The summed E-state index contributed by atoms with van der Waals surface area (Å²) in [6, 6.07) is 7.68. The van der Waals surface area contributed by atoms with Gasteiger partial charge in [0.2, 0.25) is 17.7 Å². The molecule has 152 valence electrons. The third-order valence-electron chi connectivity index (χ3n) is 4.49. The normalized spacial score (nSPS) is 16.0. The predicted molar refractivity (Wildman–Crippen MR) is 111 cm³/mol. The number of nitrogens with zero attached hydrogens (tertiary/aromatic N) is 3. The highest BCUT2D eigenvalue weighted by atomic mass is 35.5. The molecule has 3 amide bonds. The molecule has 0 aliphatic carbocycles. The van der Waals surface area contributed by atoms with Gasteiger partial charge >= 0.3 is 6.09 Å². The molecule has 0 atom stereocenters. The number of amides is 3. The Balaban J connectivity index is 1.70. The van der Waals surface area contributed by atoms with Crippen molar-refractivity contribution in [1.29, 1.82) is 0 Å². The molecule has 0 bridgehead atoms. The van der Waals surface area contributed by atoms with Crippen molar-refractivity contribution in [2.75, 3.05) is 16.8 Å². The lowest BCUT2D eigenvalue weighted by atomic mass is 9.81. The van der Waals surface area contributed by atoms with Crippen molar-refractivity contribution in [3.63, 3.8) is 0 Å². The van der Waals surface area contributed by atoms with E-state index in [0.29, 0.717) is 21.4 Å². The molecule has 1 aliphatic heterocycles. The molecular formula is C20H19Cl2N3O4. The number of aromatic nitrogens is 1. The number of anilines is 2. The van der Waals surface area contributed by atoms with Crippen molar-refractivity contribution >= 4 is 52.5 Å². The Hall–Kier alpha value is -2.64. The molecule has 29 heavy (non-hydrogen) atoms. The first-order valence-electron chi connectivity index (χ1n) is 8.80. The van der Waals surface area contributed by atoms with Gasteiger partial charge in [0, 0.05) is 31.6 Å². The van der Waals surface area contributed by atoms with Crippen LogP contribution in [0.4, 0.5) is 16.2 Å². The number of ether oxygens (including phenoxy) is 1. The Labute approximate surface area is 178 Å². The third-order valence-corrected chi connectivity index (χ3v) is 5.23. The summed E-state index contributed by atoms with van der Waals surface area (Å²) < 4.78 is 5.24. The van der Waals surface area contributed by atoms with Crippen LogP contribution in [0.2, 0.25) is 10.0 Å². The second-order valence-electron chi connectivity index (χ2n) is 7.52. The van der Waals surface area contributed by atoms with Gasteiger partial charge in [0.15, 0.2) is 0 Å². The molecule has 2 heterocycles. The fourth-order valence-electron chi connectivity index (χ4n) is 2.99. The van der Waals surface area contributed by atoms with Gasteiger partial charge in [-0.1, -0.05) is 37.0 Å². The van der Waals surface area contributed by atoms with E-state index in [-0.39, 0.29) is 36.0 Å². The van der Waals surface area contributed by atoms with Crippen LogP contribution in [0, 0.1) is 5.41 Å². The van der Waals surface area contributed by atoms with E-state index in [1.54, 1.807) is 12.1 Å². The second-order valence-corrected chi connectivity index (χ2v) is 8.34. The maximum atomic E-state index is 12.3. The highest BCUT2D eigenvalue weighted by Crippen LogP contribution is 2.34. The van der Waals surface area contributed by atoms with E-state index >= 15 is 0 Å². The molecule has 1 saturated heterocycles. The van der Waals surface area contributed by atoms with Crippen molar-refractivity contribution < 1.29 is 19.1 Å². The molecule has 7 nitrogen and oxygen atoms in total. The SMILES string of the molecule is CN(C(=O)Oc1ccc(N2C(=O)CC(C)(C)CC2=O)cn1)c1ccc(Cl)c(Cl)c1. The number of carbonyl (C=O) groups is 3. The van der Waals surface area contributed by atoms with Gasteiger partial charge in [-0.25, -0.2) is 14.7 Å². The molecule has 9 heteroatoms. The number of hydrogen-bond donors (Lipinski definition) is 0. The van der Waals surface area contributed by atoms with Crippen LogP contribution in [0.25, 0.3) is 0 Å². The maximum absolute atomic E-state index is 12.3. The van der Waals surface area contributed by atoms with E-state index in [0.717, 1.165) is 4.90 Å². The largest absolute Gasteiger partial charge is 0.420 e. The molecule has 1 fully saturated rings. The summed E-state index contributed by atoms with van der Waals surface area (Å²) in [6.07, 6.45) is 1.18. The first-order chi connectivity index (χ1) is 13.6. The molecule has 0 saturated carbocycles. The fraction of sp³-hybridized carbons (Fsp3) is 0.300. The second kappa shape index (κ2) is 8.00. The molecule has 0 spiro atoms. The van der Waals surface area contributed by atoms with Crippen molar-refractivity contribution in [2.24, 2.45) is 5.41 Å². The highest BCUT2D eigenvalue weighted by Gasteiger charge is 2.38.